The molecule has 11 heteroatoms. The largest absolute Gasteiger partial charge is 0.355 e. The summed E-state index contributed by atoms with van der Waals surface area (Å²) in [4.78, 5) is 22.0. The zero-order valence-electron chi connectivity index (χ0n) is 16.3. The van der Waals surface area contributed by atoms with Crippen molar-refractivity contribution in [3.8, 4) is 0 Å². The minimum absolute atomic E-state index is 0.0658. The molecule has 0 aliphatic rings. The van der Waals surface area contributed by atoms with Gasteiger partial charge in [0.05, 0.1) is 19.9 Å². The molecule has 0 heterocycles. The number of amides is 1. The molecule has 8 nitrogen and oxygen atoms in total. The van der Waals surface area contributed by atoms with E-state index in [4.69, 9.17) is 23.2 Å². The molecule has 0 unspecified atom stereocenters. The van der Waals surface area contributed by atoms with Gasteiger partial charge in [0, 0.05) is 37.1 Å². The second-order valence-electron chi connectivity index (χ2n) is 7.19. The lowest BCUT2D eigenvalue weighted by atomic mass is 9.84. The van der Waals surface area contributed by atoms with Gasteiger partial charge >= 0.3 is 0 Å². The Kier molecular flexibility index (Phi) is 7.81. The number of nitrogens with zero attached hydrogens (tertiary/aromatic N) is 1. The van der Waals surface area contributed by atoms with Gasteiger partial charge in [0.25, 0.3) is 5.69 Å². The van der Waals surface area contributed by atoms with Crippen molar-refractivity contribution in [3.05, 3.63) is 68.2 Å². The molecule has 2 aromatic carbocycles. The molecule has 1 amide bonds. The summed E-state index contributed by atoms with van der Waals surface area (Å²) in [7, 11) is -3.87. The van der Waals surface area contributed by atoms with E-state index in [1.54, 1.807) is 12.1 Å². The second-order valence-corrected chi connectivity index (χ2v) is 9.77. The number of hydrogen-bond acceptors (Lipinski definition) is 5. The molecule has 0 fully saturated rings. The third-order valence-corrected chi connectivity index (χ3v) is 6.65. The number of benzene rings is 2. The van der Waals surface area contributed by atoms with E-state index < -0.39 is 20.4 Å². The first-order valence-corrected chi connectivity index (χ1v) is 11.1. The Bertz CT molecular complexity index is 1040. The van der Waals surface area contributed by atoms with Gasteiger partial charge in [-0.25, -0.2) is 13.1 Å². The van der Waals surface area contributed by atoms with Gasteiger partial charge in [-0.3, -0.25) is 14.9 Å². The van der Waals surface area contributed by atoms with E-state index in [9.17, 15) is 23.3 Å². The molecular formula is C19H21Cl2N3O5S. The fourth-order valence-corrected chi connectivity index (χ4v) is 3.89. The Morgan fingerprint density at radius 2 is 1.73 bits per heavy atom. The third kappa shape index (κ3) is 6.40. The highest BCUT2D eigenvalue weighted by atomic mass is 35.5. The summed E-state index contributed by atoms with van der Waals surface area (Å²) in [6, 6.07) is 9.75. The summed E-state index contributed by atoms with van der Waals surface area (Å²) >= 11 is 12.0. The first-order chi connectivity index (χ1) is 13.9. The molecule has 0 spiro atoms. The maximum atomic E-state index is 12.2. The van der Waals surface area contributed by atoms with Crippen molar-refractivity contribution in [2.24, 2.45) is 0 Å². The standard InChI is InChI=1S/C19H21Cl2N3O5S/c1-19(2,13-3-8-16(20)17(21)11-13)12-22-18(25)9-10-23-30(28,29)15-6-4-14(5-7-15)24(26)27/h3-8,11,23H,9-10,12H2,1-2H3,(H,22,25). The lowest BCUT2D eigenvalue weighted by Gasteiger charge is -2.26. The number of nitro benzene ring substituents is 1. The second kappa shape index (κ2) is 9.74. The molecule has 2 aromatic rings. The molecule has 0 aromatic heterocycles. The lowest BCUT2D eigenvalue weighted by Crippen LogP contribution is -2.38. The van der Waals surface area contributed by atoms with Crippen LogP contribution in [0.25, 0.3) is 0 Å². The molecule has 0 radical (unpaired) electrons. The summed E-state index contributed by atoms with van der Waals surface area (Å²) in [6.45, 7) is 4.07. The van der Waals surface area contributed by atoms with Crippen LogP contribution in [0.1, 0.15) is 25.8 Å². The molecule has 0 aliphatic carbocycles. The van der Waals surface area contributed by atoms with E-state index in [-0.39, 0.29) is 29.5 Å². The number of nitro groups is 1. The summed E-state index contributed by atoms with van der Waals surface area (Å²) in [5, 5.41) is 14.3. The van der Waals surface area contributed by atoms with Crippen LogP contribution in [-0.2, 0) is 20.2 Å². The average molecular weight is 474 g/mol. The molecule has 0 atom stereocenters. The lowest BCUT2D eigenvalue weighted by molar-refractivity contribution is -0.384. The van der Waals surface area contributed by atoms with Crippen LogP contribution >= 0.6 is 23.2 Å². The predicted molar refractivity (Wildman–Crippen MR) is 115 cm³/mol. The summed E-state index contributed by atoms with van der Waals surface area (Å²) in [5.41, 5.74) is 0.274. The number of carbonyl (C=O) groups excluding carboxylic acids is 1. The van der Waals surface area contributed by atoms with Gasteiger partial charge in [0.1, 0.15) is 0 Å². The van der Waals surface area contributed by atoms with Crippen molar-refractivity contribution in [1.29, 1.82) is 0 Å². The fraction of sp³-hybridized carbons (Fsp3) is 0.316. The van der Waals surface area contributed by atoms with E-state index in [1.165, 1.54) is 0 Å². The van der Waals surface area contributed by atoms with Crippen molar-refractivity contribution < 1.29 is 18.1 Å². The number of hydrogen-bond donors (Lipinski definition) is 2. The van der Waals surface area contributed by atoms with Gasteiger partial charge in [-0.05, 0) is 29.8 Å². The SMILES string of the molecule is CC(C)(CNC(=O)CCNS(=O)(=O)c1ccc([N+](=O)[O-])cc1)c1ccc(Cl)c(Cl)c1. The van der Waals surface area contributed by atoms with E-state index >= 15 is 0 Å². The minimum Gasteiger partial charge on any atom is -0.355 e. The van der Waals surface area contributed by atoms with Crippen LogP contribution in [0.2, 0.25) is 10.0 Å². The first-order valence-electron chi connectivity index (χ1n) is 8.89. The van der Waals surface area contributed by atoms with Crippen molar-refractivity contribution in [2.45, 2.75) is 30.6 Å². The number of non-ortho nitro benzene ring substituents is 1. The Hall–Kier alpha value is -2.20. The zero-order chi connectivity index (χ0) is 22.5. The van der Waals surface area contributed by atoms with E-state index in [2.05, 4.69) is 10.0 Å². The Balaban J connectivity index is 1.86. The van der Waals surface area contributed by atoms with Crippen LogP contribution in [0.15, 0.2) is 47.4 Å². The highest BCUT2D eigenvalue weighted by molar-refractivity contribution is 7.89. The van der Waals surface area contributed by atoms with Crippen LogP contribution < -0.4 is 10.0 Å². The van der Waals surface area contributed by atoms with Crippen LogP contribution in [0.5, 0.6) is 0 Å². The third-order valence-electron chi connectivity index (χ3n) is 4.43. The molecular weight excluding hydrogens is 453 g/mol. The zero-order valence-corrected chi connectivity index (χ0v) is 18.6. The maximum absolute atomic E-state index is 12.2. The number of carbonyl (C=O) groups is 1. The monoisotopic (exact) mass is 473 g/mol. The molecule has 0 saturated carbocycles. The molecule has 2 N–H and O–H groups in total. The smallest absolute Gasteiger partial charge is 0.269 e. The van der Waals surface area contributed by atoms with E-state index in [0.29, 0.717) is 16.6 Å². The van der Waals surface area contributed by atoms with Crippen molar-refractivity contribution >= 4 is 44.8 Å². The van der Waals surface area contributed by atoms with Crippen LogP contribution in [0.4, 0.5) is 5.69 Å². The summed E-state index contributed by atoms with van der Waals surface area (Å²) in [5.74, 6) is -0.325. The van der Waals surface area contributed by atoms with Crippen molar-refractivity contribution in [3.63, 3.8) is 0 Å². The Morgan fingerprint density at radius 1 is 1.10 bits per heavy atom. The number of rotatable bonds is 9. The van der Waals surface area contributed by atoms with E-state index in [1.807, 2.05) is 19.9 Å². The highest BCUT2D eigenvalue weighted by Gasteiger charge is 2.22. The maximum Gasteiger partial charge on any atom is 0.269 e. The Labute approximate surface area is 184 Å². The van der Waals surface area contributed by atoms with Crippen molar-refractivity contribution in [1.82, 2.24) is 10.0 Å². The number of sulfonamides is 1. The van der Waals surface area contributed by atoms with Gasteiger partial charge in [0.2, 0.25) is 15.9 Å². The number of halogens is 2. The predicted octanol–water partition coefficient (Wildman–Crippen LogP) is 3.66. The van der Waals surface area contributed by atoms with Gasteiger partial charge in [-0.1, -0.05) is 43.1 Å². The normalized spacial score (nSPS) is 11.9. The topological polar surface area (TPSA) is 118 Å². The molecule has 30 heavy (non-hydrogen) atoms. The molecule has 0 bridgehead atoms. The van der Waals surface area contributed by atoms with Crippen molar-refractivity contribution in [2.75, 3.05) is 13.1 Å². The quantitative estimate of drug-likeness (QED) is 0.425. The van der Waals surface area contributed by atoms with E-state index in [0.717, 1.165) is 29.8 Å². The van der Waals surface area contributed by atoms with Crippen LogP contribution in [0, 0.1) is 10.1 Å². The van der Waals surface area contributed by atoms with Crippen LogP contribution in [0.3, 0.4) is 0 Å². The minimum atomic E-state index is -3.87. The van der Waals surface area contributed by atoms with Gasteiger partial charge in [-0.15, -0.1) is 0 Å². The van der Waals surface area contributed by atoms with Gasteiger partial charge in [-0.2, -0.15) is 0 Å². The van der Waals surface area contributed by atoms with Gasteiger partial charge < -0.3 is 5.32 Å². The molecule has 0 aliphatic heterocycles. The average Bonchev–Trinajstić information content (AvgIpc) is 2.68. The molecule has 2 rings (SSSR count). The van der Waals surface area contributed by atoms with Gasteiger partial charge in [0.15, 0.2) is 0 Å². The Morgan fingerprint density at radius 3 is 2.30 bits per heavy atom. The summed E-state index contributed by atoms with van der Waals surface area (Å²) in [6.07, 6.45) is -0.0658. The first kappa shape index (κ1) is 24.1. The highest BCUT2D eigenvalue weighted by Crippen LogP contribution is 2.29. The number of nitrogens with one attached hydrogen (secondary N) is 2. The van der Waals surface area contributed by atoms with Crippen LogP contribution in [-0.4, -0.2) is 32.3 Å². The fourth-order valence-electron chi connectivity index (χ4n) is 2.56. The molecule has 162 valence electrons. The molecule has 0 saturated heterocycles. The summed E-state index contributed by atoms with van der Waals surface area (Å²) < 4.78 is 26.7.